The van der Waals surface area contributed by atoms with Gasteiger partial charge in [0, 0.05) is 31.6 Å². The second kappa shape index (κ2) is 9.97. The minimum absolute atomic E-state index is 0.00525. The monoisotopic (exact) mass is 422 g/mol. The molecule has 0 aromatic rings. The molecule has 7 heteroatoms. The zero-order valence-corrected chi connectivity index (χ0v) is 16.8. The summed E-state index contributed by atoms with van der Waals surface area (Å²) in [5.41, 5.74) is 0. The molecule has 3 aliphatic heterocycles. The number of hydrogen-bond acceptors (Lipinski definition) is 6. The van der Waals surface area contributed by atoms with E-state index in [1.54, 1.807) is 7.11 Å². The van der Waals surface area contributed by atoms with Crippen molar-refractivity contribution in [3.8, 4) is 0 Å². The summed E-state index contributed by atoms with van der Waals surface area (Å²) in [6.07, 6.45) is 4.92. The van der Waals surface area contributed by atoms with Crippen LogP contribution in [0.25, 0.3) is 0 Å². The van der Waals surface area contributed by atoms with E-state index in [9.17, 15) is 0 Å². The van der Waals surface area contributed by atoms with Crippen LogP contribution in [0.3, 0.4) is 0 Å². The third-order valence-corrected chi connectivity index (χ3v) is 5.92. The van der Waals surface area contributed by atoms with E-state index < -0.39 is 6.29 Å². The Morgan fingerprint density at radius 2 is 1.52 bits per heavy atom. The van der Waals surface area contributed by atoms with Crippen LogP contribution in [0.15, 0.2) is 0 Å². The summed E-state index contributed by atoms with van der Waals surface area (Å²) in [5, 5.41) is 0.728. The standard InChI is InChI=1S/C18H31BrO6/c1-12-13(11-19)23-18(20-2)17(25-15-8-4-6-10-22-15)16(12)24-14-7-3-5-9-21-14/h12-18H,3-11H2,1-2H3/t12-,13?,14?,15?,16+,17-,18?/m1/s1. The Morgan fingerprint density at radius 1 is 0.920 bits per heavy atom. The van der Waals surface area contributed by atoms with Gasteiger partial charge in [-0.2, -0.15) is 0 Å². The van der Waals surface area contributed by atoms with E-state index in [0.29, 0.717) is 0 Å². The first-order valence-corrected chi connectivity index (χ1v) is 10.6. The summed E-state index contributed by atoms with van der Waals surface area (Å²) >= 11 is 3.55. The Hall–Kier alpha value is 0.240. The fourth-order valence-corrected chi connectivity index (χ4v) is 4.48. The minimum atomic E-state index is -0.474. The third kappa shape index (κ3) is 5.15. The molecule has 0 aliphatic carbocycles. The van der Waals surface area contributed by atoms with Crippen molar-refractivity contribution in [3.05, 3.63) is 0 Å². The molecule has 0 aromatic carbocycles. The molecule has 3 aliphatic rings. The highest BCUT2D eigenvalue weighted by atomic mass is 79.9. The summed E-state index contributed by atoms with van der Waals surface area (Å²) in [5.74, 6) is 0.157. The summed E-state index contributed by atoms with van der Waals surface area (Å²) in [6.45, 7) is 3.64. The van der Waals surface area contributed by atoms with Gasteiger partial charge in [0.2, 0.25) is 0 Å². The lowest BCUT2D eigenvalue weighted by atomic mass is 9.91. The van der Waals surface area contributed by atoms with Crippen LogP contribution in [0, 0.1) is 5.92 Å². The van der Waals surface area contributed by atoms with Crippen LogP contribution in [0.4, 0.5) is 0 Å². The van der Waals surface area contributed by atoms with Gasteiger partial charge in [-0.15, -0.1) is 0 Å². The van der Waals surface area contributed by atoms with Gasteiger partial charge in [0.25, 0.3) is 0 Å². The van der Waals surface area contributed by atoms with Crippen LogP contribution in [0.2, 0.25) is 0 Å². The molecule has 0 radical (unpaired) electrons. The summed E-state index contributed by atoms with van der Waals surface area (Å²) in [4.78, 5) is 0. The van der Waals surface area contributed by atoms with Crippen LogP contribution >= 0.6 is 15.9 Å². The number of hydrogen-bond donors (Lipinski definition) is 0. The van der Waals surface area contributed by atoms with Crippen LogP contribution in [0.1, 0.15) is 45.4 Å². The van der Waals surface area contributed by atoms with E-state index in [-0.39, 0.29) is 36.8 Å². The average Bonchev–Trinajstić information content (AvgIpc) is 2.66. The molecular formula is C18H31BrO6. The van der Waals surface area contributed by atoms with Crippen molar-refractivity contribution >= 4 is 15.9 Å². The van der Waals surface area contributed by atoms with Gasteiger partial charge < -0.3 is 28.4 Å². The van der Waals surface area contributed by atoms with Gasteiger partial charge in [-0.3, -0.25) is 0 Å². The van der Waals surface area contributed by atoms with Crippen LogP contribution in [-0.4, -0.2) is 62.8 Å². The zero-order chi connectivity index (χ0) is 17.6. The van der Waals surface area contributed by atoms with Crippen molar-refractivity contribution in [1.29, 1.82) is 0 Å². The summed E-state index contributed by atoms with van der Waals surface area (Å²) < 4.78 is 35.9. The lowest BCUT2D eigenvalue weighted by Crippen LogP contribution is -2.58. The topological polar surface area (TPSA) is 55.4 Å². The Morgan fingerprint density at radius 3 is 2.00 bits per heavy atom. The molecule has 0 N–H and O–H groups in total. The van der Waals surface area contributed by atoms with E-state index >= 15 is 0 Å². The Balaban J connectivity index is 1.72. The molecule has 0 saturated carbocycles. The van der Waals surface area contributed by atoms with Crippen molar-refractivity contribution in [2.24, 2.45) is 5.92 Å². The number of rotatable bonds is 6. The molecule has 3 heterocycles. The van der Waals surface area contributed by atoms with E-state index in [2.05, 4.69) is 22.9 Å². The molecule has 0 bridgehead atoms. The van der Waals surface area contributed by atoms with Crippen molar-refractivity contribution in [3.63, 3.8) is 0 Å². The second-order valence-corrected chi connectivity index (χ2v) is 7.73. The number of halogens is 1. The molecule has 3 saturated heterocycles. The predicted molar refractivity (Wildman–Crippen MR) is 95.6 cm³/mol. The van der Waals surface area contributed by atoms with E-state index in [1.807, 2.05) is 0 Å². The fraction of sp³-hybridized carbons (Fsp3) is 1.00. The highest BCUT2D eigenvalue weighted by Gasteiger charge is 2.47. The van der Waals surface area contributed by atoms with Gasteiger partial charge in [0.05, 0.1) is 12.2 Å². The van der Waals surface area contributed by atoms with Gasteiger partial charge in [-0.25, -0.2) is 0 Å². The predicted octanol–water partition coefficient (Wildman–Crippen LogP) is 3.21. The summed E-state index contributed by atoms with van der Waals surface area (Å²) in [7, 11) is 1.65. The number of ether oxygens (including phenoxy) is 6. The average molecular weight is 423 g/mol. The van der Waals surface area contributed by atoms with Gasteiger partial charge in [-0.05, 0) is 38.5 Å². The van der Waals surface area contributed by atoms with Crippen LogP contribution in [-0.2, 0) is 28.4 Å². The highest BCUT2D eigenvalue weighted by molar-refractivity contribution is 9.09. The molecule has 3 rings (SSSR count). The molecule has 0 spiro atoms. The maximum atomic E-state index is 6.38. The Kier molecular flexibility index (Phi) is 7.97. The van der Waals surface area contributed by atoms with Crippen molar-refractivity contribution in [2.45, 2.75) is 82.6 Å². The Labute approximate surface area is 158 Å². The van der Waals surface area contributed by atoms with Gasteiger partial charge in [0.1, 0.15) is 6.10 Å². The molecule has 0 amide bonds. The minimum Gasteiger partial charge on any atom is -0.353 e. The second-order valence-electron chi connectivity index (χ2n) is 7.09. The largest absolute Gasteiger partial charge is 0.353 e. The zero-order valence-electron chi connectivity index (χ0n) is 15.2. The van der Waals surface area contributed by atoms with Crippen LogP contribution < -0.4 is 0 Å². The number of alkyl halides is 1. The molecule has 4 unspecified atom stereocenters. The van der Waals surface area contributed by atoms with Gasteiger partial charge in [0.15, 0.2) is 18.9 Å². The molecule has 25 heavy (non-hydrogen) atoms. The third-order valence-electron chi connectivity index (χ3n) is 5.28. The van der Waals surface area contributed by atoms with E-state index in [4.69, 9.17) is 28.4 Å². The maximum absolute atomic E-state index is 6.38. The highest BCUT2D eigenvalue weighted by Crippen LogP contribution is 2.35. The van der Waals surface area contributed by atoms with Crippen LogP contribution in [0.5, 0.6) is 0 Å². The van der Waals surface area contributed by atoms with Crippen molar-refractivity contribution in [2.75, 3.05) is 25.7 Å². The first-order valence-electron chi connectivity index (χ1n) is 9.51. The maximum Gasteiger partial charge on any atom is 0.186 e. The lowest BCUT2D eigenvalue weighted by molar-refractivity contribution is -0.340. The van der Waals surface area contributed by atoms with Gasteiger partial charge >= 0.3 is 0 Å². The van der Waals surface area contributed by atoms with Gasteiger partial charge in [-0.1, -0.05) is 22.9 Å². The SMILES string of the molecule is COC1OC(CBr)[C@@H](C)[C@H](OC2CCCCO2)[C@H]1OC1CCCCO1. The molecule has 7 atom stereocenters. The van der Waals surface area contributed by atoms with E-state index in [1.165, 1.54) is 0 Å². The van der Waals surface area contributed by atoms with Crippen molar-refractivity contribution in [1.82, 2.24) is 0 Å². The molecule has 6 nitrogen and oxygen atoms in total. The normalized spacial score (nSPS) is 43.1. The molecule has 146 valence electrons. The molecule has 3 fully saturated rings. The number of methoxy groups -OCH3 is 1. The smallest absolute Gasteiger partial charge is 0.186 e. The summed E-state index contributed by atoms with van der Waals surface area (Å²) in [6, 6.07) is 0. The molecule has 0 aromatic heterocycles. The quantitative estimate of drug-likeness (QED) is 0.612. The Bertz CT molecular complexity index is 386. The first kappa shape index (κ1) is 20.0. The van der Waals surface area contributed by atoms with Crippen molar-refractivity contribution < 1.29 is 28.4 Å². The van der Waals surface area contributed by atoms with E-state index in [0.717, 1.165) is 57.1 Å². The lowest BCUT2D eigenvalue weighted by Gasteiger charge is -2.46. The fourth-order valence-electron chi connectivity index (χ4n) is 3.74. The first-order chi connectivity index (χ1) is 12.2. The molecular weight excluding hydrogens is 392 g/mol.